The van der Waals surface area contributed by atoms with Crippen molar-refractivity contribution in [2.75, 3.05) is 24.2 Å². The summed E-state index contributed by atoms with van der Waals surface area (Å²) in [5.74, 6) is 0.177. The van der Waals surface area contributed by atoms with E-state index in [1.807, 2.05) is 0 Å². The molecule has 5 nitrogen and oxygen atoms in total. The summed E-state index contributed by atoms with van der Waals surface area (Å²) < 4.78 is 23.7. The van der Waals surface area contributed by atoms with Crippen LogP contribution in [0.5, 0.6) is 0 Å². The molecule has 0 spiro atoms. The van der Waals surface area contributed by atoms with Crippen LogP contribution < -0.4 is 10.6 Å². The van der Waals surface area contributed by atoms with E-state index in [4.69, 9.17) is 0 Å². The Hall–Kier alpha value is -1.40. The van der Waals surface area contributed by atoms with E-state index in [1.54, 1.807) is 18.2 Å². The van der Waals surface area contributed by atoms with Gasteiger partial charge in [0.25, 0.3) is 0 Å². The van der Waals surface area contributed by atoms with Crippen molar-refractivity contribution in [2.45, 2.75) is 24.2 Å². The molecule has 0 unspecified atom stereocenters. The maximum Gasteiger partial charge on any atom is 0.227 e. The number of carbonyl (C=O) groups is 1. The summed E-state index contributed by atoms with van der Waals surface area (Å²) in [7, 11) is -3.15. The van der Waals surface area contributed by atoms with Crippen molar-refractivity contribution in [3.8, 4) is 0 Å². The van der Waals surface area contributed by atoms with Crippen LogP contribution in [-0.2, 0) is 21.1 Å². The van der Waals surface area contributed by atoms with Crippen molar-refractivity contribution >= 4 is 21.4 Å². The summed E-state index contributed by atoms with van der Waals surface area (Å²) in [5.41, 5.74) is 1.43. The van der Waals surface area contributed by atoms with E-state index in [-0.39, 0.29) is 17.6 Å². The van der Waals surface area contributed by atoms with Crippen LogP contribution in [0.15, 0.2) is 23.1 Å². The molecule has 1 fully saturated rings. The van der Waals surface area contributed by atoms with E-state index in [0.29, 0.717) is 17.0 Å². The normalized spacial score (nSPS) is 21.4. The van der Waals surface area contributed by atoms with Crippen LogP contribution in [0.4, 0.5) is 5.69 Å². The molecule has 2 aliphatic heterocycles. The lowest BCUT2D eigenvalue weighted by Crippen LogP contribution is -2.34. The zero-order chi connectivity index (χ0) is 14.2. The predicted molar refractivity (Wildman–Crippen MR) is 76.4 cm³/mol. The van der Waals surface area contributed by atoms with Gasteiger partial charge in [0, 0.05) is 11.6 Å². The Morgan fingerprint density at radius 2 is 2.00 bits per heavy atom. The molecule has 0 bridgehead atoms. The number of rotatable bonds is 2. The van der Waals surface area contributed by atoms with E-state index in [9.17, 15) is 13.2 Å². The van der Waals surface area contributed by atoms with Gasteiger partial charge in [-0.3, -0.25) is 4.79 Å². The molecule has 0 radical (unpaired) electrons. The Morgan fingerprint density at radius 1 is 1.25 bits per heavy atom. The number of piperidine rings is 1. The van der Waals surface area contributed by atoms with Gasteiger partial charge in [0.15, 0.2) is 9.84 Å². The van der Waals surface area contributed by atoms with Gasteiger partial charge in [-0.2, -0.15) is 0 Å². The predicted octanol–water partition coefficient (Wildman–Crippen LogP) is 0.954. The first-order chi connectivity index (χ1) is 9.56. The smallest absolute Gasteiger partial charge is 0.227 e. The highest BCUT2D eigenvalue weighted by Crippen LogP contribution is 2.29. The van der Waals surface area contributed by atoms with Crippen LogP contribution >= 0.6 is 0 Å². The van der Waals surface area contributed by atoms with Gasteiger partial charge in [-0.05, 0) is 50.0 Å². The Labute approximate surface area is 118 Å². The number of hydrogen-bond acceptors (Lipinski definition) is 4. The third-order valence-electron chi connectivity index (χ3n) is 4.02. The minimum absolute atomic E-state index is 0.0122. The number of carbonyl (C=O) groups excluding carboxylic acids is 1. The number of nitrogens with one attached hydrogen (secondary N) is 2. The van der Waals surface area contributed by atoms with Crippen molar-refractivity contribution < 1.29 is 13.2 Å². The minimum atomic E-state index is -3.15. The Kier molecular flexibility index (Phi) is 3.52. The molecule has 2 aliphatic rings. The molecule has 1 aromatic rings. The van der Waals surface area contributed by atoms with E-state index in [0.717, 1.165) is 31.5 Å². The minimum Gasteiger partial charge on any atom is -0.326 e. The van der Waals surface area contributed by atoms with Crippen LogP contribution in [0, 0.1) is 5.92 Å². The summed E-state index contributed by atoms with van der Waals surface area (Å²) in [4.78, 5) is 12.5. The van der Waals surface area contributed by atoms with E-state index in [1.165, 1.54) is 0 Å². The standard InChI is InChI=1S/C14H18N2O3S/c17-14(11-3-6-15-7-4-11)16-12-2-1-10-5-8-20(18,19)13(10)9-12/h1-2,9,11,15H,3-8H2,(H,16,17). The average molecular weight is 294 g/mol. The topological polar surface area (TPSA) is 75.3 Å². The van der Waals surface area contributed by atoms with E-state index in [2.05, 4.69) is 10.6 Å². The fourth-order valence-corrected chi connectivity index (χ4v) is 4.40. The molecule has 1 amide bonds. The number of benzene rings is 1. The van der Waals surface area contributed by atoms with Gasteiger partial charge in [0.2, 0.25) is 5.91 Å². The molecule has 1 saturated heterocycles. The highest BCUT2D eigenvalue weighted by atomic mass is 32.2. The Bertz CT molecular complexity index is 634. The van der Waals surface area contributed by atoms with Crippen molar-refractivity contribution in [3.05, 3.63) is 23.8 Å². The number of sulfone groups is 1. The molecule has 6 heteroatoms. The van der Waals surface area contributed by atoms with Crippen LogP contribution in [0.3, 0.4) is 0 Å². The van der Waals surface area contributed by atoms with Gasteiger partial charge in [-0.25, -0.2) is 8.42 Å². The van der Waals surface area contributed by atoms with Gasteiger partial charge in [-0.1, -0.05) is 6.07 Å². The highest BCUT2D eigenvalue weighted by Gasteiger charge is 2.27. The van der Waals surface area contributed by atoms with Crippen molar-refractivity contribution in [2.24, 2.45) is 5.92 Å². The molecule has 3 rings (SSSR count). The summed E-state index contributed by atoms with van der Waals surface area (Å²) in [6.07, 6.45) is 2.23. The maximum absolute atomic E-state index is 12.1. The third kappa shape index (κ3) is 2.58. The summed E-state index contributed by atoms with van der Waals surface area (Å²) in [6.45, 7) is 1.72. The van der Waals surface area contributed by atoms with Crippen LogP contribution in [0.25, 0.3) is 0 Å². The number of aryl methyl sites for hydroxylation is 1. The molecule has 0 saturated carbocycles. The van der Waals surface area contributed by atoms with Crippen molar-refractivity contribution in [1.29, 1.82) is 0 Å². The molecular weight excluding hydrogens is 276 g/mol. The molecule has 1 aromatic carbocycles. The van der Waals surface area contributed by atoms with Crippen LogP contribution in [0.2, 0.25) is 0 Å². The van der Waals surface area contributed by atoms with Crippen LogP contribution in [0.1, 0.15) is 18.4 Å². The molecule has 2 N–H and O–H groups in total. The quantitative estimate of drug-likeness (QED) is 0.852. The lowest BCUT2D eigenvalue weighted by atomic mass is 9.97. The first kappa shape index (κ1) is 13.6. The molecule has 20 heavy (non-hydrogen) atoms. The lowest BCUT2D eigenvalue weighted by Gasteiger charge is -2.21. The van der Waals surface area contributed by atoms with Crippen LogP contribution in [-0.4, -0.2) is 33.2 Å². The monoisotopic (exact) mass is 294 g/mol. The Balaban J connectivity index is 1.77. The van der Waals surface area contributed by atoms with Crippen molar-refractivity contribution in [1.82, 2.24) is 5.32 Å². The number of hydrogen-bond donors (Lipinski definition) is 2. The highest BCUT2D eigenvalue weighted by molar-refractivity contribution is 7.91. The molecule has 0 aromatic heterocycles. The summed E-state index contributed by atoms with van der Waals surface area (Å²) in [6, 6.07) is 5.19. The second-order valence-electron chi connectivity index (χ2n) is 5.40. The SMILES string of the molecule is O=C(Nc1ccc2c(c1)S(=O)(=O)CC2)C1CCNCC1. The van der Waals surface area contributed by atoms with Gasteiger partial charge in [0.05, 0.1) is 10.6 Å². The molecule has 0 aliphatic carbocycles. The van der Waals surface area contributed by atoms with Gasteiger partial charge >= 0.3 is 0 Å². The summed E-state index contributed by atoms with van der Waals surface area (Å²) in [5, 5.41) is 6.07. The summed E-state index contributed by atoms with van der Waals surface area (Å²) >= 11 is 0. The van der Waals surface area contributed by atoms with Crippen molar-refractivity contribution in [3.63, 3.8) is 0 Å². The lowest BCUT2D eigenvalue weighted by molar-refractivity contribution is -0.120. The van der Waals surface area contributed by atoms with E-state index < -0.39 is 9.84 Å². The fraction of sp³-hybridized carbons (Fsp3) is 0.500. The first-order valence-corrected chi connectivity index (χ1v) is 8.59. The molecule has 108 valence electrons. The van der Waals surface area contributed by atoms with E-state index >= 15 is 0 Å². The Morgan fingerprint density at radius 3 is 2.75 bits per heavy atom. The average Bonchev–Trinajstić information content (AvgIpc) is 2.75. The second kappa shape index (κ2) is 5.18. The third-order valence-corrected chi connectivity index (χ3v) is 5.81. The van der Waals surface area contributed by atoms with Gasteiger partial charge < -0.3 is 10.6 Å². The maximum atomic E-state index is 12.1. The first-order valence-electron chi connectivity index (χ1n) is 6.93. The van der Waals surface area contributed by atoms with Gasteiger partial charge in [0.1, 0.15) is 0 Å². The zero-order valence-electron chi connectivity index (χ0n) is 11.2. The largest absolute Gasteiger partial charge is 0.326 e. The number of anilines is 1. The fourth-order valence-electron chi connectivity index (χ4n) is 2.81. The van der Waals surface area contributed by atoms with Gasteiger partial charge in [-0.15, -0.1) is 0 Å². The second-order valence-corrected chi connectivity index (χ2v) is 7.48. The molecular formula is C14H18N2O3S. The number of amides is 1. The number of fused-ring (bicyclic) bond motifs is 1. The zero-order valence-corrected chi connectivity index (χ0v) is 12.0. The molecule has 2 heterocycles. The molecule has 0 atom stereocenters.